The van der Waals surface area contributed by atoms with Crippen LogP contribution in [0.25, 0.3) is 154 Å². The van der Waals surface area contributed by atoms with Crippen molar-refractivity contribution in [1.82, 2.24) is 18.3 Å². The predicted molar refractivity (Wildman–Crippen MR) is 458 cm³/mol. The zero-order valence-corrected chi connectivity index (χ0v) is 61.4. The molecule has 0 fully saturated rings. The van der Waals surface area contributed by atoms with Gasteiger partial charge in [-0.25, -0.2) is 0 Å². The van der Waals surface area contributed by atoms with E-state index in [9.17, 15) is 4.79 Å². The fourth-order valence-corrected chi connectivity index (χ4v) is 16.2. The summed E-state index contributed by atoms with van der Waals surface area (Å²) in [6.07, 6.45) is 2.01. The van der Waals surface area contributed by atoms with Crippen LogP contribution in [0, 0.1) is 7.14 Å². The Bertz CT molecular complexity index is 6220. The molecule has 0 aliphatic heterocycles. The SMILES string of the molecule is Ic1ccc(-c2ccc(I)cc2)cc1.O=Cc1ccc2c(c1)c1ccccc1n2-c1ccc(-c2ccc(-n3c4ccccc4c4ccccc43)cc2)cc1.c1ccc2c(c1)Cc1ccccc1-2.c1ccc2c(c1)c1ccccc1n2-c1ccc(-c2ccc(-n3c4ccccc4c4ccccc43)cc2)cc1. The van der Waals surface area contributed by atoms with Gasteiger partial charge in [0, 0.05) is 78.5 Å². The van der Waals surface area contributed by atoms with Crippen LogP contribution in [-0.2, 0) is 6.42 Å². The lowest BCUT2D eigenvalue weighted by Crippen LogP contribution is -1.94. The number of benzene rings is 16. The Labute approximate surface area is 636 Å². The van der Waals surface area contributed by atoms with E-state index in [0.717, 1.165) is 45.9 Å². The van der Waals surface area contributed by atoms with Crippen molar-refractivity contribution in [1.29, 1.82) is 0 Å². The molecule has 1 aliphatic carbocycles. The van der Waals surface area contributed by atoms with Gasteiger partial charge in [0.25, 0.3) is 0 Å². The Kier molecular flexibility index (Phi) is 17.5. The van der Waals surface area contributed by atoms with E-state index in [0.29, 0.717) is 5.56 Å². The van der Waals surface area contributed by atoms with Gasteiger partial charge in [0.05, 0.1) is 44.1 Å². The van der Waals surface area contributed by atoms with E-state index in [4.69, 9.17) is 0 Å². The van der Waals surface area contributed by atoms with Crippen LogP contribution in [0.3, 0.4) is 0 Å². The van der Waals surface area contributed by atoms with E-state index in [1.165, 1.54) is 140 Å². The van der Waals surface area contributed by atoms with Gasteiger partial charge in [-0.3, -0.25) is 4.79 Å². The number of fused-ring (bicyclic) bond motifs is 15. The molecular formula is C98H66I2N4O. The molecule has 20 aromatic rings. The molecule has 0 bridgehead atoms. The molecule has 0 saturated heterocycles. The molecule has 498 valence electrons. The summed E-state index contributed by atoms with van der Waals surface area (Å²) in [6.45, 7) is 0. The van der Waals surface area contributed by atoms with Crippen molar-refractivity contribution in [2.24, 2.45) is 0 Å². The smallest absolute Gasteiger partial charge is 0.150 e. The molecule has 0 radical (unpaired) electrons. The van der Waals surface area contributed by atoms with Crippen molar-refractivity contribution in [3.05, 3.63) is 406 Å². The molecule has 0 amide bonds. The number of aldehydes is 1. The minimum absolute atomic E-state index is 0.690. The second-order valence-electron chi connectivity index (χ2n) is 26.5. The molecule has 105 heavy (non-hydrogen) atoms. The van der Waals surface area contributed by atoms with Crippen molar-refractivity contribution in [2.45, 2.75) is 6.42 Å². The Morgan fingerprint density at radius 2 is 0.438 bits per heavy atom. The van der Waals surface area contributed by atoms with E-state index >= 15 is 0 Å². The monoisotopic (exact) mass is 1570 g/mol. The minimum Gasteiger partial charge on any atom is -0.309 e. The van der Waals surface area contributed by atoms with Crippen LogP contribution in [0.15, 0.2) is 382 Å². The number of carbonyl (C=O) groups excluding carboxylic acids is 1. The number of para-hydroxylation sites is 7. The molecular weight excluding hydrogens is 1500 g/mol. The summed E-state index contributed by atoms with van der Waals surface area (Å²) in [6, 6.07) is 136. The van der Waals surface area contributed by atoms with Gasteiger partial charge in [-0.2, -0.15) is 0 Å². The van der Waals surface area contributed by atoms with Gasteiger partial charge < -0.3 is 18.3 Å². The zero-order valence-electron chi connectivity index (χ0n) is 57.1. The quantitative estimate of drug-likeness (QED) is 0.110. The third-order valence-corrected chi connectivity index (χ3v) is 21.9. The van der Waals surface area contributed by atoms with Crippen LogP contribution < -0.4 is 0 Å². The third-order valence-electron chi connectivity index (χ3n) is 20.5. The van der Waals surface area contributed by atoms with E-state index in [2.05, 4.69) is 421 Å². The largest absolute Gasteiger partial charge is 0.309 e. The molecule has 5 nitrogen and oxygen atoms in total. The van der Waals surface area contributed by atoms with Gasteiger partial charge in [-0.1, -0.05) is 249 Å². The van der Waals surface area contributed by atoms with E-state index in [1.807, 2.05) is 24.3 Å². The molecule has 7 heteroatoms. The molecule has 4 aromatic heterocycles. The standard InChI is InChI=1S/C37H24N2O.C36H24N2.C13H10.C12H8I2/c40-24-25-13-22-37-33(23-25)32-9-3-6-12-36(32)39(37)29-20-16-27(17-21-29)26-14-18-28(19-15-26)38-34-10-4-1-7-30(34)31-8-2-5-11-35(31)38;1-5-13-33-29(9-1)30-10-2-6-14-34(30)37(33)27-21-17-25(18-22-27)26-19-23-28(24-20-26)38-35-15-7-3-11-31(35)32-12-4-8-16-36(32)38;1-3-7-12-10(5-1)9-11-6-2-4-8-13(11)12;13-11-5-1-9(2-6-11)10-3-7-12(14)8-4-10/h1-24H;1-24H;1-8H,9H2;1-8H. The average Bonchev–Trinajstić information content (AvgIpc) is 1.62. The van der Waals surface area contributed by atoms with Crippen LogP contribution in [0.4, 0.5) is 0 Å². The van der Waals surface area contributed by atoms with Gasteiger partial charge in [0.1, 0.15) is 6.29 Å². The lowest BCUT2D eigenvalue weighted by atomic mass is 10.0. The lowest BCUT2D eigenvalue weighted by Gasteiger charge is -2.11. The van der Waals surface area contributed by atoms with Crippen LogP contribution >= 0.6 is 45.2 Å². The number of nitrogens with zero attached hydrogens (tertiary/aromatic N) is 4. The summed E-state index contributed by atoms with van der Waals surface area (Å²) in [7, 11) is 0. The fourth-order valence-electron chi connectivity index (χ4n) is 15.5. The van der Waals surface area contributed by atoms with Crippen molar-refractivity contribution in [2.75, 3.05) is 0 Å². The Hall–Kier alpha value is -12.2. The van der Waals surface area contributed by atoms with Crippen LogP contribution in [0.1, 0.15) is 21.5 Å². The fraction of sp³-hybridized carbons (Fsp3) is 0.0102. The summed E-state index contributed by atoms with van der Waals surface area (Å²) in [5.74, 6) is 0. The second kappa shape index (κ2) is 28.2. The topological polar surface area (TPSA) is 36.8 Å². The first kappa shape index (κ1) is 64.9. The number of carbonyl (C=O) groups is 1. The van der Waals surface area contributed by atoms with Crippen molar-refractivity contribution < 1.29 is 4.79 Å². The van der Waals surface area contributed by atoms with Gasteiger partial charge in [0.15, 0.2) is 0 Å². The van der Waals surface area contributed by atoms with E-state index in [1.54, 1.807) is 0 Å². The molecule has 0 unspecified atom stereocenters. The molecule has 1 aliphatic rings. The van der Waals surface area contributed by atoms with Crippen LogP contribution in [0.2, 0.25) is 0 Å². The molecule has 4 heterocycles. The number of aromatic nitrogens is 4. The number of hydrogen-bond donors (Lipinski definition) is 0. The Morgan fingerprint density at radius 3 is 0.705 bits per heavy atom. The summed E-state index contributed by atoms with van der Waals surface area (Å²) < 4.78 is 11.9. The first-order valence-corrected chi connectivity index (χ1v) is 37.6. The van der Waals surface area contributed by atoms with Gasteiger partial charge in [-0.05, 0) is 241 Å². The molecule has 0 saturated carbocycles. The first-order chi connectivity index (χ1) is 51.9. The van der Waals surface area contributed by atoms with Crippen molar-refractivity contribution in [3.63, 3.8) is 0 Å². The molecule has 0 atom stereocenters. The summed E-state index contributed by atoms with van der Waals surface area (Å²) in [4.78, 5) is 11.4. The highest BCUT2D eigenvalue weighted by molar-refractivity contribution is 14.1. The zero-order chi connectivity index (χ0) is 70.3. The van der Waals surface area contributed by atoms with Gasteiger partial charge in [-0.15, -0.1) is 0 Å². The number of hydrogen-bond acceptors (Lipinski definition) is 1. The first-order valence-electron chi connectivity index (χ1n) is 35.4. The number of rotatable bonds is 8. The highest BCUT2D eigenvalue weighted by atomic mass is 127. The Morgan fingerprint density at radius 1 is 0.219 bits per heavy atom. The van der Waals surface area contributed by atoms with Crippen molar-refractivity contribution in [3.8, 4) is 67.3 Å². The summed E-state index contributed by atoms with van der Waals surface area (Å²) in [5.41, 5.74) is 27.9. The van der Waals surface area contributed by atoms with Gasteiger partial charge in [0.2, 0.25) is 0 Å². The normalized spacial score (nSPS) is 11.5. The maximum atomic E-state index is 11.4. The Balaban J connectivity index is 0.000000111. The third kappa shape index (κ3) is 12.3. The molecule has 0 spiro atoms. The van der Waals surface area contributed by atoms with Crippen LogP contribution in [-0.4, -0.2) is 24.6 Å². The highest BCUT2D eigenvalue weighted by Crippen LogP contribution is 2.40. The maximum absolute atomic E-state index is 11.4. The average molecular weight is 1570 g/mol. The minimum atomic E-state index is 0.690. The second-order valence-corrected chi connectivity index (χ2v) is 29.0. The lowest BCUT2D eigenvalue weighted by molar-refractivity contribution is 0.112. The summed E-state index contributed by atoms with van der Waals surface area (Å²) in [5, 5.41) is 9.91. The predicted octanol–water partition coefficient (Wildman–Crippen LogP) is 26.7. The molecule has 21 rings (SSSR count). The van der Waals surface area contributed by atoms with Gasteiger partial charge >= 0.3 is 0 Å². The van der Waals surface area contributed by atoms with E-state index in [-0.39, 0.29) is 0 Å². The van der Waals surface area contributed by atoms with Crippen LogP contribution in [0.5, 0.6) is 0 Å². The molecule has 16 aromatic carbocycles. The highest BCUT2D eigenvalue weighted by Gasteiger charge is 2.19. The summed E-state index contributed by atoms with van der Waals surface area (Å²) >= 11 is 4.64. The van der Waals surface area contributed by atoms with Crippen molar-refractivity contribution >= 4 is 139 Å². The number of halogens is 2. The maximum Gasteiger partial charge on any atom is 0.150 e. The molecule has 0 N–H and O–H groups in total. The van der Waals surface area contributed by atoms with E-state index < -0.39 is 0 Å².